The van der Waals surface area contributed by atoms with Gasteiger partial charge in [-0.05, 0) is 6.92 Å². The third-order valence-corrected chi connectivity index (χ3v) is 1.59. The van der Waals surface area contributed by atoms with Crippen molar-refractivity contribution < 1.29 is 42.8 Å². The van der Waals surface area contributed by atoms with E-state index in [2.05, 4.69) is 28.4 Å². The molecule has 110 valence electrons. The summed E-state index contributed by atoms with van der Waals surface area (Å²) in [5, 5.41) is 0. The van der Waals surface area contributed by atoms with Crippen LogP contribution in [0.4, 0.5) is 14.4 Å². The van der Waals surface area contributed by atoms with Crippen LogP contribution in [0, 0.1) is 0 Å². The maximum absolute atomic E-state index is 10.0. The Morgan fingerprint density at radius 3 is 1.68 bits per heavy atom. The van der Waals surface area contributed by atoms with Crippen molar-refractivity contribution in [2.75, 3.05) is 34.0 Å². The van der Waals surface area contributed by atoms with E-state index in [9.17, 15) is 14.4 Å². The molecule has 2 fully saturated rings. The van der Waals surface area contributed by atoms with Crippen LogP contribution in [-0.4, -0.2) is 58.6 Å². The van der Waals surface area contributed by atoms with Gasteiger partial charge >= 0.3 is 18.5 Å². The molecule has 2 saturated heterocycles. The van der Waals surface area contributed by atoms with Gasteiger partial charge < -0.3 is 28.4 Å². The fourth-order valence-electron chi connectivity index (χ4n) is 0.793. The van der Waals surface area contributed by atoms with Crippen LogP contribution in [0.15, 0.2) is 0 Å². The van der Waals surface area contributed by atoms with E-state index in [1.54, 1.807) is 6.92 Å². The van der Waals surface area contributed by atoms with Gasteiger partial charge in [-0.2, -0.15) is 0 Å². The van der Waals surface area contributed by atoms with Gasteiger partial charge in [0.1, 0.15) is 25.9 Å². The number of hydrogen-bond donors (Lipinski definition) is 0. The third kappa shape index (κ3) is 9.51. The Balaban J connectivity index is 0.000000257. The van der Waals surface area contributed by atoms with Crippen molar-refractivity contribution in [2.24, 2.45) is 0 Å². The van der Waals surface area contributed by atoms with E-state index in [4.69, 9.17) is 0 Å². The maximum Gasteiger partial charge on any atom is 0.508 e. The number of hydrogen-bond acceptors (Lipinski definition) is 9. The lowest BCUT2D eigenvalue weighted by Crippen LogP contribution is -2.01. The summed E-state index contributed by atoms with van der Waals surface area (Å²) in [6, 6.07) is 0. The fourth-order valence-corrected chi connectivity index (χ4v) is 0.793. The summed E-state index contributed by atoms with van der Waals surface area (Å²) in [5.41, 5.74) is 0. The quantitative estimate of drug-likeness (QED) is 0.476. The smallest absolute Gasteiger partial charge is 0.438 e. The lowest BCUT2D eigenvalue weighted by molar-refractivity contribution is 0.0923. The number of cyclic esters (lactones) is 4. The molecule has 2 rings (SSSR count). The van der Waals surface area contributed by atoms with Gasteiger partial charge in [0, 0.05) is 0 Å². The first-order chi connectivity index (χ1) is 8.99. The molecule has 0 spiro atoms. The summed E-state index contributed by atoms with van der Waals surface area (Å²) >= 11 is 0. The summed E-state index contributed by atoms with van der Waals surface area (Å²) in [6.07, 6.45) is -1.80. The van der Waals surface area contributed by atoms with Crippen LogP contribution < -0.4 is 0 Å². The van der Waals surface area contributed by atoms with Gasteiger partial charge in [-0.25, -0.2) is 14.4 Å². The second-order valence-corrected chi connectivity index (χ2v) is 3.09. The molecule has 0 radical (unpaired) electrons. The van der Waals surface area contributed by atoms with Gasteiger partial charge in [-0.3, -0.25) is 0 Å². The van der Waals surface area contributed by atoms with Crippen molar-refractivity contribution in [2.45, 2.75) is 13.0 Å². The van der Waals surface area contributed by atoms with E-state index in [0.29, 0.717) is 19.8 Å². The van der Waals surface area contributed by atoms with Gasteiger partial charge in [0.05, 0.1) is 14.2 Å². The van der Waals surface area contributed by atoms with E-state index < -0.39 is 18.5 Å². The van der Waals surface area contributed by atoms with E-state index in [1.165, 1.54) is 14.2 Å². The summed E-state index contributed by atoms with van der Waals surface area (Å²) < 4.78 is 25.6. The van der Waals surface area contributed by atoms with Crippen LogP contribution in [0.3, 0.4) is 0 Å². The zero-order valence-electron chi connectivity index (χ0n) is 10.9. The molecule has 0 aliphatic carbocycles. The van der Waals surface area contributed by atoms with Crippen LogP contribution in [0.1, 0.15) is 6.92 Å². The standard InChI is InChI=1S/C4H6O3.C3H4O3.C3H6O3/c1-3-2-6-4(5)7-3;4-3-5-1-2-6-3;1-5-3(4)6-2/h3H,2H2,1H3;1-2H2;1-2H3. The van der Waals surface area contributed by atoms with Crippen LogP contribution in [0.25, 0.3) is 0 Å². The molecule has 0 aromatic heterocycles. The molecule has 0 bridgehead atoms. The highest BCUT2D eigenvalue weighted by molar-refractivity contribution is 5.61. The summed E-state index contributed by atoms with van der Waals surface area (Å²) in [5.74, 6) is 0. The third-order valence-electron chi connectivity index (χ3n) is 1.59. The molecule has 0 amide bonds. The largest absolute Gasteiger partial charge is 0.508 e. The SMILES string of the molecule is CC1COC(=O)O1.COC(=O)OC.O=C1OCCO1. The normalized spacial score (nSPS) is 19.2. The lowest BCUT2D eigenvalue weighted by Gasteiger charge is -1.90. The Morgan fingerprint density at radius 2 is 1.58 bits per heavy atom. The molecule has 19 heavy (non-hydrogen) atoms. The Morgan fingerprint density at radius 1 is 1.05 bits per heavy atom. The molecule has 2 aliphatic heterocycles. The number of ether oxygens (including phenoxy) is 6. The average Bonchev–Trinajstić information content (AvgIpc) is 3.01. The van der Waals surface area contributed by atoms with Gasteiger partial charge in [-0.15, -0.1) is 0 Å². The number of rotatable bonds is 0. The van der Waals surface area contributed by atoms with Gasteiger partial charge in [-0.1, -0.05) is 0 Å². The predicted octanol–water partition coefficient (Wildman–Crippen LogP) is 1.09. The topological polar surface area (TPSA) is 107 Å². The van der Waals surface area contributed by atoms with Crippen molar-refractivity contribution in [3.63, 3.8) is 0 Å². The zero-order valence-corrected chi connectivity index (χ0v) is 10.9. The summed E-state index contributed by atoms with van der Waals surface area (Å²) in [6.45, 7) is 3.02. The highest BCUT2D eigenvalue weighted by Gasteiger charge is 2.19. The van der Waals surface area contributed by atoms with E-state index >= 15 is 0 Å². The summed E-state index contributed by atoms with van der Waals surface area (Å²) in [4.78, 5) is 29.5. The molecule has 0 aromatic rings. The molecule has 2 heterocycles. The van der Waals surface area contributed by atoms with Gasteiger partial charge in [0.25, 0.3) is 0 Å². The molecule has 1 atom stereocenters. The number of methoxy groups -OCH3 is 2. The number of carbonyl (C=O) groups is 3. The van der Waals surface area contributed by atoms with E-state index in [0.717, 1.165) is 0 Å². The Kier molecular flexibility index (Phi) is 8.67. The number of carbonyl (C=O) groups excluding carboxylic acids is 3. The first-order valence-corrected chi connectivity index (χ1v) is 5.24. The van der Waals surface area contributed by atoms with Crippen molar-refractivity contribution >= 4 is 18.5 Å². The second kappa shape index (κ2) is 9.80. The predicted molar refractivity (Wildman–Crippen MR) is 58.6 cm³/mol. The van der Waals surface area contributed by atoms with E-state index in [1.807, 2.05) is 0 Å². The van der Waals surface area contributed by atoms with Crippen molar-refractivity contribution in [3.05, 3.63) is 0 Å². The first-order valence-electron chi connectivity index (χ1n) is 5.24. The molecule has 1 unspecified atom stereocenters. The molecule has 9 heteroatoms. The minimum Gasteiger partial charge on any atom is -0.438 e. The maximum atomic E-state index is 10.0. The minimum absolute atomic E-state index is 0.0486. The molecule has 0 saturated carbocycles. The first kappa shape index (κ1) is 16.8. The average molecular weight is 280 g/mol. The Bertz CT molecular complexity index is 285. The highest BCUT2D eigenvalue weighted by Crippen LogP contribution is 2.02. The van der Waals surface area contributed by atoms with Crippen molar-refractivity contribution in [3.8, 4) is 0 Å². The Labute approximate surface area is 109 Å². The molecule has 9 nitrogen and oxygen atoms in total. The van der Waals surface area contributed by atoms with Crippen molar-refractivity contribution in [1.29, 1.82) is 0 Å². The van der Waals surface area contributed by atoms with Crippen LogP contribution >= 0.6 is 0 Å². The zero-order chi connectivity index (χ0) is 14.7. The second-order valence-electron chi connectivity index (χ2n) is 3.09. The minimum atomic E-state index is -0.657. The molecular formula is C10H16O9. The van der Waals surface area contributed by atoms with Gasteiger partial charge in [0.15, 0.2) is 0 Å². The Hall–Kier alpha value is -2.19. The summed E-state index contributed by atoms with van der Waals surface area (Å²) in [7, 11) is 2.51. The molecular weight excluding hydrogens is 264 g/mol. The highest BCUT2D eigenvalue weighted by atomic mass is 16.8. The van der Waals surface area contributed by atoms with Crippen LogP contribution in [0.2, 0.25) is 0 Å². The van der Waals surface area contributed by atoms with Crippen LogP contribution in [0.5, 0.6) is 0 Å². The van der Waals surface area contributed by atoms with Crippen LogP contribution in [-0.2, 0) is 28.4 Å². The molecule has 0 N–H and O–H groups in total. The monoisotopic (exact) mass is 280 g/mol. The van der Waals surface area contributed by atoms with Gasteiger partial charge in [0.2, 0.25) is 0 Å². The molecule has 0 aromatic carbocycles. The van der Waals surface area contributed by atoms with E-state index in [-0.39, 0.29) is 6.10 Å². The van der Waals surface area contributed by atoms with Crippen molar-refractivity contribution in [1.82, 2.24) is 0 Å². The fraction of sp³-hybridized carbons (Fsp3) is 0.700. The lowest BCUT2D eigenvalue weighted by atomic mass is 10.5. The molecule has 2 aliphatic rings.